The summed E-state index contributed by atoms with van der Waals surface area (Å²) in [6, 6.07) is 8.99. The van der Waals surface area contributed by atoms with Crippen molar-refractivity contribution < 1.29 is 33.6 Å². The summed E-state index contributed by atoms with van der Waals surface area (Å²) in [6.07, 6.45) is 0. The van der Waals surface area contributed by atoms with Gasteiger partial charge in [-0.2, -0.15) is 0 Å². The van der Waals surface area contributed by atoms with Crippen molar-refractivity contribution in [3.63, 3.8) is 0 Å². The van der Waals surface area contributed by atoms with Gasteiger partial charge < -0.3 is 20.1 Å². The Hall–Kier alpha value is -4.28. The zero-order valence-corrected chi connectivity index (χ0v) is 16.7. The number of non-ortho nitro benzene ring substituents is 1. The minimum absolute atomic E-state index is 0.0472. The number of nitro groups is 1. The highest BCUT2D eigenvalue weighted by Crippen LogP contribution is 2.19. The number of nitro benzene ring substituents is 1. The molecule has 0 saturated carbocycles. The number of anilines is 1. The maximum atomic E-state index is 12.2. The molecule has 0 saturated heterocycles. The van der Waals surface area contributed by atoms with Gasteiger partial charge in [-0.1, -0.05) is 0 Å². The Morgan fingerprint density at radius 2 is 1.52 bits per heavy atom. The molecular weight excluding hydrogens is 410 g/mol. The smallest absolute Gasteiger partial charge is 0.338 e. The van der Waals surface area contributed by atoms with E-state index >= 15 is 0 Å². The van der Waals surface area contributed by atoms with Crippen LogP contribution in [-0.2, 0) is 14.3 Å². The van der Waals surface area contributed by atoms with Crippen LogP contribution in [0.2, 0.25) is 0 Å². The van der Waals surface area contributed by atoms with Crippen molar-refractivity contribution in [2.24, 2.45) is 0 Å². The molecular formula is C20H19N3O8. The van der Waals surface area contributed by atoms with Crippen molar-refractivity contribution in [2.45, 2.75) is 6.92 Å². The van der Waals surface area contributed by atoms with Gasteiger partial charge in [0, 0.05) is 30.4 Å². The van der Waals surface area contributed by atoms with Gasteiger partial charge in [0.05, 0.1) is 22.7 Å². The molecule has 2 aromatic carbocycles. The van der Waals surface area contributed by atoms with E-state index in [-0.39, 0.29) is 23.6 Å². The Kier molecular flexibility index (Phi) is 7.78. The standard InChI is InChI=1S/C20H19N3O8/c1-3-30-19(26)13-8-14(10-16(9-13)23(28)29)20(27)31-11-17(24)22-15-6-4-12(5-7-15)18(25)21-2/h4-10H,3,11H2,1-2H3,(H,21,25)(H,22,24). The second kappa shape index (κ2) is 10.5. The molecule has 2 aromatic rings. The number of nitrogens with one attached hydrogen (secondary N) is 2. The number of benzene rings is 2. The number of hydrogen-bond acceptors (Lipinski definition) is 8. The van der Waals surface area contributed by atoms with E-state index in [0.29, 0.717) is 11.3 Å². The zero-order chi connectivity index (χ0) is 23.0. The summed E-state index contributed by atoms with van der Waals surface area (Å²) in [6.45, 7) is 0.939. The molecule has 0 unspecified atom stereocenters. The van der Waals surface area contributed by atoms with E-state index in [9.17, 15) is 29.3 Å². The first-order valence-electron chi connectivity index (χ1n) is 9.00. The van der Waals surface area contributed by atoms with Crippen molar-refractivity contribution >= 4 is 35.1 Å². The number of rotatable bonds is 8. The fraction of sp³-hybridized carbons (Fsp3) is 0.200. The van der Waals surface area contributed by atoms with Gasteiger partial charge in [-0.15, -0.1) is 0 Å². The summed E-state index contributed by atoms with van der Waals surface area (Å²) in [7, 11) is 1.49. The Bertz CT molecular complexity index is 1020. The molecule has 0 heterocycles. The van der Waals surface area contributed by atoms with Crippen LogP contribution in [0.4, 0.5) is 11.4 Å². The molecule has 162 valence electrons. The van der Waals surface area contributed by atoms with Gasteiger partial charge >= 0.3 is 11.9 Å². The van der Waals surface area contributed by atoms with Crippen molar-refractivity contribution in [2.75, 3.05) is 25.6 Å². The number of hydrogen-bond donors (Lipinski definition) is 2. The fourth-order valence-electron chi connectivity index (χ4n) is 2.43. The van der Waals surface area contributed by atoms with E-state index in [1.807, 2.05) is 0 Å². The minimum atomic E-state index is -1.03. The minimum Gasteiger partial charge on any atom is -0.462 e. The van der Waals surface area contributed by atoms with Crippen LogP contribution in [0.1, 0.15) is 38.0 Å². The predicted molar refractivity (Wildman–Crippen MR) is 108 cm³/mol. The van der Waals surface area contributed by atoms with Crippen LogP contribution in [0.25, 0.3) is 0 Å². The zero-order valence-electron chi connectivity index (χ0n) is 16.7. The van der Waals surface area contributed by atoms with Crippen molar-refractivity contribution in [1.29, 1.82) is 0 Å². The molecule has 0 bridgehead atoms. The number of esters is 2. The van der Waals surface area contributed by atoms with E-state index in [0.717, 1.165) is 18.2 Å². The topological polar surface area (TPSA) is 154 Å². The molecule has 0 fully saturated rings. The van der Waals surface area contributed by atoms with Gasteiger partial charge in [-0.25, -0.2) is 9.59 Å². The Balaban J connectivity index is 2.04. The van der Waals surface area contributed by atoms with Crippen molar-refractivity contribution in [1.82, 2.24) is 5.32 Å². The van der Waals surface area contributed by atoms with Crippen LogP contribution in [-0.4, -0.2) is 48.9 Å². The van der Waals surface area contributed by atoms with Crippen LogP contribution in [0.15, 0.2) is 42.5 Å². The predicted octanol–water partition coefficient (Wildman–Crippen LogP) is 1.93. The molecule has 0 aliphatic rings. The normalized spacial score (nSPS) is 10.0. The lowest BCUT2D eigenvalue weighted by molar-refractivity contribution is -0.384. The van der Waals surface area contributed by atoms with Gasteiger partial charge in [0.25, 0.3) is 17.5 Å². The molecule has 0 aliphatic heterocycles. The molecule has 0 aromatic heterocycles. The number of nitrogens with zero attached hydrogens (tertiary/aromatic N) is 1. The molecule has 11 heteroatoms. The van der Waals surface area contributed by atoms with Gasteiger partial charge in [0.2, 0.25) is 0 Å². The number of amides is 2. The SMILES string of the molecule is CCOC(=O)c1cc(C(=O)OCC(=O)Nc2ccc(C(=O)NC)cc2)cc([N+](=O)[O-])c1. The molecule has 2 amide bonds. The number of ether oxygens (including phenoxy) is 2. The average molecular weight is 429 g/mol. The van der Waals surface area contributed by atoms with Gasteiger partial charge in [-0.05, 0) is 37.3 Å². The third-order valence-corrected chi connectivity index (χ3v) is 3.87. The van der Waals surface area contributed by atoms with E-state index in [2.05, 4.69) is 10.6 Å². The van der Waals surface area contributed by atoms with E-state index in [4.69, 9.17) is 9.47 Å². The van der Waals surface area contributed by atoms with Crippen LogP contribution >= 0.6 is 0 Å². The fourth-order valence-corrected chi connectivity index (χ4v) is 2.43. The third kappa shape index (κ3) is 6.35. The van der Waals surface area contributed by atoms with Crippen molar-refractivity contribution in [3.05, 3.63) is 69.3 Å². The van der Waals surface area contributed by atoms with Crippen LogP contribution in [0, 0.1) is 10.1 Å². The summed E-state index contributed by atoms with van der Waals surface area (Å²) >= 11 is 0. The molecule has 0 aliphatic carbocycles. The first kappa shape index (κ1) is 23.0. The number of carbonyl (C=O) groups is 4. The first-order valence-corrected chi connectivity index (χ1v) is 9.00. The van der Waals surface area contributed by atoms with E-state index in [1.54, 1.807) is 6.92 Å². The highest BCUT2D eigenvalue weighted by atomic mass is 16.6. The monoisotopic (exact) mass is 429 g/mol. The van der Waals surface area contributed by atoms with Crippen LogP contribution in [0.5, 0.6) is 0 Å². The van der Waals surface area contributed by atoms with Crippen LogP contribution in [0.3, 0.4) is 0 Å². The number of carbonyl (C=O) groups excluding carboxylic acids is 4. The van der Waals surface area contributed by atoms with Gasteiger partial charge in [-0.3, -0.25) is 19.7 Å². The maximum absolute atomic E-state index is 12.2. The average Bonchev–Trinajstić information content (AvgIpc) is 2.77. The Morgan fingerprint density at radius 3 is 2.03 bits per heavy atom. The summed E-state index contributed by atoms with van der Waals surface area (Å²) in [5.41, 5.74) is -0.203. The second-order valence-corrected chi connectivity index (χ2v) is 6.03. The molecule has 2 N–H and O–H groups in total. The molecule has 0 spiro atoms. The summed E-state index contributed by atoms with van der Waals surface area (Å²) in [4.78, 5) is 57.9. The molecule has 0 radical (unpaired) electrons. The highest BCUT2D eigenvalue weighted by molar-refractivity contribution is 5.99. The van der Waals surface area contributed by atoms with Gasteiger partial charge in [0.15, 0.2) is 6.61 Å². The van der Waals surface area contributed by atoms with E-state index < -0.39 is 35.1 Å². The van der Waals surface area contributed by atoms with E-state index in [1.165, 1.54) is 31.3 Å². The molecule has 0 atom stereocenters. The quantitative estimate of drug-likeness (QED) is 0.366. The molecule has 2 rings (SSSR count). The summed E-state index contributed by atoms with van der Waals surface area (Å²) in [5.74, 6) is -2.82. The lowest BCUT2D eigenvalue weighted by atomic mass is 10.1. The van der Waals surface area contributed by atoms with Crippen molar-refractivity contribution in [3.8, 4) is 0 Å². The second-order valence-electron chi connectivity index (χ2n) is 6.03. The molecule has 31 heavy (non-hydrogen) atoms. The third-order valence-electron chi connectivity index (χ3n) is 3.87. The highest BCUT2D eigenvalue weighted by Gasteiger charge is 2.20. The summed E-state index contributed by atoms with van der Waals surface area (Å²) < 4.78 is 9.67. The Labute approximate surface area is 176 Å². The largest absolute Gasteiger partial charge is 0.462 e. The lowest BCUT2D eigenvalue weighted by Crippen LogP contribution is -2.21. The van der Waals surface area contributed by atoms with Crippen LogP contribution < -0.4 is 10.6 Å². The summed E-state index contributed by atoms with van der Waals surface area (Å²) in [5, 5.41) is 16.0. The first-order chi connectivity index (χ1) is 14.7. The lowest BCUT2D eigenvalue weighted by Gasteiger charge is -2.08. The maximum Gasteiger partial charge on any atom is 0.338 e. The Morgan fingerprint density at radius 1 is 0.935 bits per heavy atom. The van der Waals surface area contributed by atoms with Gasteiger partial charge in [0.1, 0.15) is 0 Å². The molecule has 11 nitrogen and oxygen atoms in total.